The Bertz CT molecular complexity index is 379. The second-order valence-electron chi connectivity index (χ2n) is 2.73. The zero-order chi connectivity index (χ0) is 9.97. The molecule has 0 fully saturated rings. The van der Waals surface area contributed by atoms with Gasteiger partial charge in [0.25, 0.3) is 0 Å². The first-order valence-corrected chi connectivity index (χ1v) is 5.58. The summed E-state index contributed by atoms with van der Waals surface area (Å²) in [4.78, 5) is 8.42. The lowest BCUT2D eigenvalue weighted by molar-refractivity contribution is 1.24. The van der Waals surface area contributed by atoms with Gasteiger partial charge in [-0.25, -0.2) is 4.98 Å². The van der Waals surface area contributed by atoms with Crippen molar-refractivity contribution in [3.8, 4) is 11.3 Å². The predicted octanol–water partition coefficient (Wildman–Crippen LogP) is 3.67. The van der Waals surface area contributed by atoms with Crippen LogP contribution in [0.25, 0.3) is 11.3 Å². The topological polar surface area (TPSA) is 25.8 Å². The van der Waals surface area contributed by atoms with E-state index >= 15 is 0 Å². The van der Waals surface area contributed by atoms with Gasteiger partial charge in [0.2, 0.25) is 0 Å². The summed E-state index contributed by atoms with van der Waals surface area (Å²) in [7, 11) is 0. The standard InChI is InChI=1S/C10H6Br2N2/c11-8-2-3-9(13-6-8)7-1-4-10(12)14-5-7/h1-6H. The summed E-state index contributed by atoms with van der Waals surface area (Å²) in [5.74, 6) is 0. The first-order valence-electron chi connectivity index (χ1n) is 3.99. The molecule has 0 N–H and O–H groups in total. The van der Waals surface area contributed by atoms with Gasteiger partial charge < -0.3 is 0 Å². The predicted molar refractivity (Wildman–Crippen MR) is 62.9 cm³/mol. The fourth-order valence-electron chi connectivity index (χ4n) is 1.07. The van der Waals surface area contributed by atoms with Crippen molar-refractivity contribution in [1.82, 2.24) is 9.97 Å². The molecule has 0 aromatic carbocycles. The van der Waals surface area contributed by atoms with Crippen LogP contribution in [0, 0.1) is 0 Å². The molecule has 0 aliphatic carbocycles. The van der Waals surface area contributed by atoms with Gasteiger partial charge in [-0.15, -0.1) is 0 Å². The molecule has 0 amide bonds. The van der Waals surface area contributed by atoms with Crippen molar-refractivity contribution in [2.24, 2.45) is 0 Å². The van der Waals surface area contributed by atoms with Gasteiger partial charge in [0, 0.05) is 22.4 Å². The van der Waals surface area contributed by atoms with Gasteiger partial charge in [-0.2, -0.15) is 0 Å². The Morgan fingerprint density at radius 3 is 2.29 bits per heavy atom. The SMILES string of the molecule is Brc1ccc(-c2ccc(Br)nc2)nc1. The molecule has 0 aliphatic heterocycles. The number of hydrogen-bond acceptors (Lipinski definition) is 2. The van der Waals surface area contributed by atoms with Crippen LogP contribution in [0.5, 0.6) is 0 Å². The van der Waals surface area contributed by atoms with E-state index in [1.54, 1.807) is 12.4 Å². The van der Waals surface area contributed by atoms with Crippen LogP contribution in [-0.4, -0.2) is 9.97 Å². The second-order valence-corrected chi connectivity index (χ2v) is 4.46. The number of pyridine rings is 2. The Morgan fingerprint density at radius 2 is 1.71 bits per heavy atom. The average molecular weight is 314 g/mol. The molecule has 0 unspecified atom stereocenters. The zero-order valence-corrected chi connectivity index (χ0v) is 10.3. The molecule has 14 heavy (non-hydrogen) atoms. The summed E-state index contributed by atoms with van der Waals surface area (Å²) < 4.78 is 1.81. The smallest absolute Gasteiger partial charge is 0.106 e. The maximum absolute atomic E-state index is 4.28. The summed E-state index contributed by atoms with van der Waals surface area (Å²) in [5, 5.41) is 0. The summed E-state index contributed by atoms with van der Waals surface area (Å²) in [5.41, 5.74) is 1.94. The lowest BCUT2D eigenvalue weighted by atomic mass is 10.2. The van der Waals surface area contributed by atoms with Crippen LogP contribution in [0.1, 0.15) is 0 Å². The molecular weight excluding hydrogens is 308 g/mol. The van der Waals surface area contributed by atoms with E-state index in [1.165, 1.54) is 0 Å². The molecule has 0 saturated heterocycles. The molecule has 0 atom stereocenters. The number of rotatable bonds is 1. The lowest BCUT2D eigenvalue weighted by Gasteiger charge is -1.99. The highest BCUT2D eigenvalue weighted by molar-refractivity contribution is 9.10. The van der Waals surface area contributed by atoms with Crippen molar-refractivity contribution in [2.45, 2.75) is 0 Å². The van der Waals surface area contributed by atoms with Crippen molar-refractivity contribution in [3.63, 3.8) is 0 Å². The van der Waals surface area contributed by atoms with Crippen LogP contribution in [-0.2, 0) is 0 Å². The Kier molecular flexibility index (Phi) is 2.93. The van der Waals surface area contributed by atoms with E-state index in [-0.39, 0.29) is 0 Å². The first-order chi connectivity index (χ1) is 6.75. The van der Waals surface area contributed by atoms with Gasteiger partial charge >= 0.3 is 0 Å². The first kappa shape index (κ1) is 9.80. The van der Waals surface area contributed by atoms with Crippen molar-refractivity contribution < 1.29 is 0 Å². The second kappa shape index (κ2) is 4.19. The molecule has 2 rings (SSSR count). The minimum absolute atomic E-state index is 0.832. The third kappa shape index (κ3) is 2.19. The van der Waals surface area contributed by atoms with Gasteiger partial charge in [0.15, 0.2) is 0 Å². The summed E-state index contributed by atoms with van der Waals surface area (Å²) >= 11 is 6.63. The number of nitrogens with zero attached hydrogens (tertiary/aromatic N) is 2. The molecule has 2 heterocycles. The molecule has 2 nitrogen and oxygen atoms in total. The molecule has 0 spiro atoms. The lowest BCUT2D eigenvalue weighted by Crippen LogP contribution is -1.84. The van der Waals surface area contributed by atoms with Crippen LogP contribution in [0.3, 0.4) is 0 Å². The molecule has 4 heteroatoms. The van der Waals surface area contributed by atoms with Crippen molar-refractivity contribution in [1.29, 1.82) is 0 Å². The molecule has 0 radical (unpaired) electrons. The highest BCUT2D eigenvalue weighted by atomic mass is 79.9. The van der Waals surface area contributed by atoms with Gasteiger partial charge in [-0.1, -0.05) is 0 Å². The van der Waals surface area contributed by atoms with E-state index in [0.29, 0.717) is 0 Å². The largest absolute Gasteiger partial charge is 0.255 e. The van der Waals surface area contributed by atoms with Crippen LogP contribution >= 0.6 is 31.9 Å². The minimum atomic E-state index is 0.832. The normalized spacial score (nSPS) is 10.1. The molecule has 2 aromatic rings. The van der Waals surface area contributed by atoms with Crippen LogP contribution < -0.4 is 0 Å². The summed E-state index contributed by atoms with van der Waals surface area (Å²) in [6.45, 7) is 0. The van der Waals surface area contributed by atoms with E-state index in [2.05, 4.69) is 41.8 Å². The maximum Gasteiger partial charge on any atom is 0.106 e. The van der Waals surface area contributed by atoms with Crippen molar-refractivity contribution in [2.75, 3.05) is 0 Å². The fraction of sp³-hybridized carbons (Fsp3) is 0. The van der Waals surface area contributed by atoms with Crippen molar-refractivity contribution >= 4 is 31.9 Å². The van der Waals surface area contributed by atoms with E-state index in [4.69, 9.17) is 0 Å². The monoisotopic (exact) mass is 312 g/mol. The highest BCUT2D eigenvalue weighted by Crippen LogP contribution is 2.19. The number of aromatic nitrogens is 2. The fourth-order valence-corrected chi connectivity index (χ4v) is 1.54. The molecule has 0 bridgehead atoms. The molecular formula is C10H6Br2N2. The summed E-state index contributed by atoms with van der Waals surface area (Å²) in [6, 6.07) is 7.80. The third-order valence-corrected chi connectivity index (χ3v) is 2.69. The molecule has 0 saturated carbocycles. The molecule has 0 aliphatic rings. The van der Waals surface area contributed by atoms with E-state index in [0.717, 1.165) is 20.3 Å². The quantitative estimate of drug-likeness (QED) is 0.751. The Hall–Kier alpha value is -0.740. The minimum Gasteiger partial charge on any atom is -0.255 e. The van der Waals surface area contributed by atoms with Crippen LogP contribution in [0.2, 0.25) is 0 Å². The Morgan fingerprint density at radius 1 is 0.857 bits per heavy atom. The summed E-state index contributed by atoms with van der Waals surface area (Å²) in [6.07, 6.45) is 3.57. The molecule has 70 valence electrons. The average Bonchev–Trinajstić information content (AvgIpc) is 2.21. The Labute approximate surface area is 98.7 Å². The zero-order valence-electron chi connectivity index (χ0n) is 7.11. The van der Waals surface area contributed by atoms with E-state index in [1.807, 2.05) is 24.3 Å². The van der Waals surface area contributed by atoms with Crippen molar-refractivity contribution in [3.05, 3.63) is 45.7 Å². The number of halogens is 2. The third-order valence-electron chi connectivity index (χ3n) is 1.75. The van der Waals surface area contributed by atoms with Gasteiger partial charge in [-0.05, 0) is 56.1 Å². The van der Waals surface area contributed by atoms with Gasteiger partial charge in [0.1, 0.15) is 4.60 Å². The Balaban J connectivity index is 2.40. The van der Waals surface area contributed by atoms with Crippen LogP contribution in [0.15, 0.2) is 45.7 Å². The molecule has 2 aromatic heterocycles. The van der Waals surface area contributed by atoms with Gasteiger partial charge in [0.05, 0.1) is 5.69 Å². The van der Waals surface area contributed by atoms with Crippen LogP contribution in [0.4, 0.5) is 0 Å². The highest BCUT2D eigenvalue weighted by Gasteiger charge is 1.98. The number of hydrogen-bond donors (Lipinski definition) is 0. The maximum atomic E-state index is 4.28. The van der Waals surface area contributed by atoms with E-state index in [9.17, 15) is 0 Å². The van der Waals surface area contributed by atoms with E-state index < -0.39 is 0 Å². The van der Waals surface area contributed by atoms with Gasteiger partial charge in [-0.3, -0.25) is 4.98 Å².